The third kappa shape index (κ3) is 5.01. The number of benzene rings is 1. The molecule has 0 saturated carbocycles. The van der Waals surface area contributed by atoms with E-state index in [0.717, 1.165) is 5.56 Å². The number of hydrogen-bond donors (Lipinski definition) is 2. The van der Waals surface area contributed by atoms with Gasteiger partial charge in [0, 0.05) is 12.2 Å². The van der Waals surface area contributed by atoms with Gasteiger partial charge in [-0.1, -0.05) is 12.1 Å². The SMILES string of the molecule is Cc1cccc(NS(=O)(=O)CCN)c1.Cl. The van der Waals surface area contributed by atoms with Gasteiger partial charge in [0.1, 0.15) is 0 Å². The van der Waals surface area contributed by atoms with Gasteiger partial charge in [0.05, 0.1) is 5.75 Å². The minimum absolute atomic E-state index is 0. The minimum atomic E-state index is -3.28. The van der Waals surface area contributed by atoms with Gasteiger partial charge >= 0.3 is 0 Å². The highest BCUT2D eigenvalue weighted by Gasteiger charge is 2.08. The Kier molecular flexibility index (Phi) is 5.64. The van der Waals surface area contributed by atoms with Crippen molar-refractivity contribution >= 4 is 28.1 Å². The third-order valence-corrected chi connectivity index (χ3v) is 3.00. The van der Waals surface area contributed by atoms with Crippen molar-refractivity contribution < 1.29 is 8.42 Å². The maximum absolute atomic E-state index is 11.3. The average molecular weight is 251 g/mol. The molecule has 0 aromatic heterocycles. The summed E-state index contributed by atoms with van der Waals surface area (Å²) in [5.41, 5.74) is 6.77. The number of hydrogen-bond acceptors (Lipinski definition) is 3. The van der Waals surface area contributed by atoms with Crippen molar-refractivity contribution in [2.24, 2.45) is 5.73 Å². The zero-order valence-electron chi connectivity index (χ0n) is 8.43. The molecule has 0 saturated heterocycles. The first-order valence-corrected chi connectivity index (χ1v) is 5.96. The van der Waals surface area contributed by atoms with Gasteiger partial charge in [0.25, 0.3) is 0 Å². The number of nitrogens with one attached hydrogen (secondary N) is 1. The largest absolute Gasteiger partial charge is 0.329 e. The zero-order chi connectivity index (χ0) is 10.6. The van der Waals surface area contributed by atoms with Crippen LogP contribution in [0.15, 0.2) is 24.3 Å². The molecule has 0 aliphatic rings. The van der Waals surface area contributed by atoms with E-state index in [0.29, 0.717) is 5.69 Å². The molecule has 3 N–H and O–H groups in total. The van der Waals surface area contributed by atoms with Crippen LogP contribution in [0.1, 0.15) is 5.56 Å². The highest BCUT2D eigenvalue weighted by molar-refractivity contribution is 7.92. The summed E-state index contributed by atoms with van der Waals surface area (Å²) < 4.78 is 25.1. The molecular formula is C9H15ClN2O2S. The van der Waals surface area contributed by atoms with E-state index in [4.69, 9.17) is 5.73 Å². The quantitative estimate of drug-likeness (QED) is 0.841. The van der Waals surface area contributed by atoms with Crippen LogP contribution in [0.4, 0.5) is 5.69 Å². The van der Waals surface area contributed by atoms with Crippen molar-refractivity contribution in [1.82, 2.24) is 0 Å². The van der Waals surface area contributed by atoms with Gasteiger partial charge in [-0.05, 0) is 24.6 Å². The molecule has 0 bridgehead atoms. The highest BCUT2D eigenvalue weighted by Crippen LogP contribution is 2.11. The molecule has 0 spiro atoms. The van der Waals surface area contributed by atoms with Gasteiger partial charge in [-0.25, -0.2) is 8.42 Å². The van der Waals surface area contributed by atoms with Crippen LogP contribution in [0.2, 0.25) is 0 Å². The van der Waals surface area contributed by atoms with Crippen molar-refractivity contribution in [3.63, 3.8) is 0 Å². The Morgan fingerprint density at radius 1 is 1.40 bits per heavy atom. The van der Waals surface area contributed by atoms with Crippen LogP contribution >= 0.6 is 12.4 Å². The van der Waals surface area contributed by atoms with Crippen molar-refractivity contribution in [2.75, 3.05) is 17.0 Å². The minimum Gasteiger partial charge on any atom is -0.329 e. The Morgan fingerprint density at radius 3 is 2.60 bits per heavy atom. The summed E-state index contributed by atoms with van der Waals surface area (Å²) in [6, 6.07) is 7.19. The highest BCUT2D eigenvalue weighted by atomic mass is 35.5. The fourth-order valence-corrected chi connectivity index (χ4v) is 1.99. The monoisotopic (exact) mass is 250 g/mol. The van der Waals surface area contributed by atoms with Crippen molar-refractivity contribution in [3.05, 3.63) is 29.8 Å². The standard InChI is InChI=1S/C9H14N2O2S.ClH/c1-8-3-2-4-9(7-8)11-14(12,13)6-5-10;/h2-4,7,11H,5-6,10H2,1H3;1H. The molecule has 0 amide bonds. The molecule has 0 fully saturated rings. The Morgan fingerprint density at radius 2 is 2.07 bits per heavy atom. The van der Waals surface area contributed by atoms with E-state index < -0.39 is 10.0 Å². The topological polar surface area (TPSA) is 72.2 Å². The van der Waals surface area contributed by atoms with Crippen LogP contribution in [-0.2, 0) is 10.0 Å². The van der Waals surface area contributed by atoms with E-state index >= 15 is 0 Å². The molecule has 0 aliphatic carbocycles. The second-order valence-corrected chi connectivity index (χ2v) is 4.92. The van der Waals surface area contributed by atoms with Gasteiger partial charge in [-0.2, -0.15) is 0 Å². The van der Waals surface area contributed by atoms with Crippen LogP contribution < -0.4 is 10.5 Å². The fraction of sp³-hybridized carbons (Fsp3) is 0.333. The van der Waals surface area contributed by atoms with Crippen molar-refractivity contribution in [2.45, 2.75) is 6.92 Å². The van der Waals surface area contributed by atoms with E-state index in [9.17, 15) is 8.42 Å². The predicted octanol–water partition coefficient (Wildman–Crippen LogP) is 1.12. The molecule has 15 heavy (non-hydrogen) atoms. The molecule has 0 unspecified atom stereocenters. The lowest BCUT2D eigenvalue weighted by molar-refractivity contribution is 0.601. The molecule has 1 aromatic rings. The van der Waals surface area contributed by atoms with Gasteiger partial charge in [-0.15, -0.1) is 12.4 Å². The van der Waals surface area contributed by atoms with Crippen LogP contribution in [0.25, 0.3) is 0 Å². The Balaban J connectivity index is 0.00000196. The number of anilines is 1. The van der Waals surface area contributed by atoms with E-state index in [1.165, 1.54) is 0 Å². The van der Waals surface area contributed by atoms with E-state index in [1.54, 1.807) is 18.2 Å². The van der Waals surface area contributed by atoms with E-state index in [-0.39, 0.29) is 24.7 Å². The van der Waals surface area contributed by atoms with Gasteiger partial charge < -0.3 is 5.73 Å². The first kappa shape index (κ1) is 14.2. The second kappa shape index (κ2) is 5.95. The third-order valence-electron chi connectivity index (χ3n) is 1.68. The summed E-state index contributed by atoms with van der Waals surface area (Å²) in [6.45, 7) is 2.03. The molecule has 6 heteroatoms. The fourth-order valence-electron chi connectivity index (χ4n) is 1.09. The first-order chi connectivity index (χ1) is 6.53. The summed E-state index contributed by atoms with van der Waals surface area (Å²) in [4.78, 5) is 0. The number of rotatable bonds is 4. The zero-order valence-corrected chi connectivity index (χ0v) is 10.1. The molecule has 1 aromatic carbocycles. The van der Waals surface area contributed by atoms with Crippen LogP contribution in [0, 0.1) is 6.92 Å². The molecule has 0 heterocycles. The lowest BCUT2D eigenvalue weighted by atomic mass is 10.2. The maximum Gasteiger partial charge on any atom is 0.233 e. The summed E-state index contributed by atoms with van der Waals surface area (Å²) in [6.07, 6.45) is 0. The van der Waals surface area contributed by atoms with E-state index in [1.807, 2.05) is 13.0 Å². The number of nitrogens with two attached hydrogens (primary N) is 1. The second-order valence-electron chi connectivity index (χ2n) is 3.08. The van der Waals surface area contributed by atoms with Gasteiger partial charge in [0.15, 0.2) is 0 Å². The summed E-state index contributed by atoms with van der Waals surface area (Å²) >= 11 is 0. The lowest BCUT2D eigenvalue weighted by Gasteiger charge is -2.06. The van der Waals surface area contributed by atoms with Crippen molar-refractivity contribution in [1.29, 1.82) is 0 Å². The van der Waals surface area contributed by atoms with Crippen molar-refractivity contribution in [3.8, 4) is 0 Å². The summed E-state index contributed by atoms with van der Waals surface area (Å²) in [5.74, 6) is -0.0546. The normalized spacial score (nSPS) is 10.5. The Labute approximate surface area is 96.3 Å². The van der Waals surface area contributed by atoms with Gasteiger partial charge in [0.2, 0.25) is 10.0 Å². The molecule has 0 aliphatic heterocycles. The molecule has 1 rings (SSSR count). The Bertz CT molecular complexity index is 406. The molecule has 86 valence electrons. The number of aryl methyl sites for hydroxylation is 1. The molecule has 0 atom stereocenters. The number of sulfonamides is 1. The van der Waals surface area contributed by atoms with Crippen LogP contribution in [0.5, 0.6) is 0 Å². The lowest BCUT2D eigenvalue weighted by Crippen LogP contribution is -2.22. The Hall–Kier alpha value is -0.780. The smallest absolute Gasteiger partial charge is 0.233 e. The average Bonchev–Trinajstić information content (AvgIpc) is 2.02. The number of halogens is 1. The van der Waals surface area contributed by atoms with Gasteiger partial charge in [-0.3, -0.25) is 4.72 Å². The van der Waals surface area contributed by atoms with Crippen LogP contribution in [0.3, 0.4) is 0 Å². The summed E-state index contributed by atoms with van der Waals surface area (Å²) in [7, 11) is -3.28. The first-order valence-electron chi connectivity index (χ1n) is 4.31. The summed E-state index contributed by atoms with van der Waals surface area (Å²) in [5, 5.41) is 0. The maximum atomic E-state index is 11.3. The molecule has 4 nitrogen and oxygen atoms in total. The molecular weight excluding hydrogens is 236 g/mol. The molecule has 0 radical (unpaired) electrons. The van der Waals surface area contributed by atoms with E-state index in [2.05, 4.69) is 4.72 Å². The van der Waals surface area contributed by atoms with Crippen LogP contribution in [-0.4, -0.2) is 20.7 Å². The predicted molar refractivity (Wildman–Crippen MR) is 64.9 cm³/mol.